The minimum Gasteiger partial charge on any atom is -0.347 e. The summed E-state index contributed by atoms with van der Waals surface area (Å²) in [4.78, 5) is 18.8. The second-order valence-corrected chi connectivity index (χ2v) is 12.4. The summed E-state index contributed by atoms with van der Waals surface area (Å²) in [5, 5.41) is 11.2. The molecule has 0 aliphatic carbocycles. The molecule has 1 amide bonds. The summed E-state index contributed by atoms with van der Waals surface area (Å²) < 4.78 is 85.1. The van der Waals surface area contributed by atoms with Gasteiger partial charge in [-0.1, -0.05) is 71.1 Å². The number of hydrogen-bond acceptors (Lipinski definition) is 5. The van der Waals surface area contributed by atoms with E-state index in [2.05, 4.69) is 26.1 Å². The Morgan fingerprint density at radius 2 is 1.47 bits per heavy atom. The Kier molecular flexibility index (Phi) is 8.19. The molecule has 0 radical (unpaired) electrons. The molecule has 3 aromatic heterocycles. The summed E-state index contributed by atoms with van der Waals surface area (Å²) in [5.41, 5.74) is 1.21. The molecule has 7 aromatic rings. The summed E-state index contributed by atoms with van der Waals surface area (Å²) in [6, 6.07) is 25.0. The van der Waals surface area contributed by atoms with Crippen LogP contribution in [0.25, 0.3) is 32.1 Å². The van der Waals surface area contributed by atoms with Crippen molar-refractivity contribution in [3.8, 4) is 16.9 Å². The highest BCUT2D eigenvalue weighted by atomic mass is 32.1. The van der Waals surface area contributed by atoms with Crippen LogP contribution in [0, 0.1) is 0 Å². The molecule has 4 aromatic carbocycles. The van der Waals surface area contributed by atoms with Crippen molar-refractivity contribution in [3.63, 3.8) is 0 Å². The van der Waals surface area contributed by atoms with Gasteiger partial charge in [0.25, 0.3) is 0 Å². The van der Waals surface area contributed by atoms with Crippen molar-refractivity contribution in [1.29, 1.82) is 0 Å². The summed E-state index contributed by atoms with van der Waals surface area (Å²) in [6.07, 6.45) is -6.92. The highest BCUT2D eigenvalue weighted by Crippen LogP contribution is 2.36. The Balaban J connectivity index is 1.12. The standard InChI is InChI=1S/C35H24F6N6OS/c36-34(37,38)24-14-22(15-25(18-24)35(39,40)41)17-32(48)42-27(16-21-6-2-1-3-7-21)29-20-47(45-44-29)26-12-10-23(11-13-26)28-19-46-30-8-4-5-9-31(30)49-33(46)43-28/h1-15,18-20,27H,16-17H2,(H,42,48). The van der Waals surface area contributed by atoms with Crippen LogP contribution in [0.2, 0.25) is 0 Å². The molecular weight excluding hydrogens is 666 g/mol. The molecule has 7 rings (SSSR count). The first-order chi connectivity index (χ1) is 23.4. The number of aromatic nitrogens is 5. The molecule has 49 heavy (non-hydrogen) atoms. The summed E-state index contributed by atoms with van der Waals surface area (Å²) in [5.74, 6) is -0.778. The molecule has 14 heteroatoms. The zero-order valence-corrected chi connectivity index (χ0v) is 26.0. The van der Waals surface area contributed by atoms with E-state index in [1.165, 1.54) is 4.68 Å². The van der Waals surface area contributed by atoms with Gasteiger partial charge in [0.15, 0.2) is 4.96 Å². The van der Waals surface area contributed by atoms with Gasteiger partial charge < -0.3 is 5.32 Å². The number of alkyl halides is 6. The van der Waals surface area contributed by atoms with Gasteiger partial charge in [-0.15, -0.1) is 5.10 Å². The lowest BCUT2D eigenvalue weighted by atomic mass is 10.0. The molecule has 0 aliphatic rings. The van der Waals surface area contributed by atoms with Crippen molar-refractivity contribution >= 4 is 32.4 Å². The number of para-hydroxylation sites is 1. The molecule has 7 nitrogen and oxygen atoms in total. The Morgan fingerprint density at radius 3 is 2.16 bits per heavy atom. The van der Waals surface area contributed by atoms with E-state index in [1.54, 1.807) is 29.7 Å². The van der Waals surface area contributed by atoms with Crippen molar-refractivity contribution in [3.05, 3.63) is 137 Å². The highest BCUT2D eigenvalue weighted by molar-refractivity contribution is 7.23. The minimum absolute atomic E-state index is 0.0318. The van der Waals surface area contributed by atoms with E-state index in [-0.39, 0.29) is 12.5 Å². The number of nitrogens with one attached hydrogen (secondary N) is 1. The van der Waals surface area contributed by atoms with Crippen molar-refractivity contribution in [2.45, 2.75) is 31.2 Å². The zero-order chi connectivity index (χ0) is 34.3. The monoisotopic (exact) mass is 690 g/mol. The molecule has 0 bridgehead atoms. The quantitative estimate of drug-likeness (QED) is 0.162. The molecule has 1 unspecified atom stereocenters. The average molecular weight is 691 g/mol. The van der Waals surface area contributed by atoms with Gasteiger partial charge in [-0.2, -0.15) is 26.3 Å². The molecule has 1 atom stereocenters. The predicted molar refractivity (Wildman–Crippen MR) is 172 cm³/mol. The SMILES string of the molecule is O=C(Cc1cc(C(F)(F)F)cc(C(F)(F)F)c1)NC(Cc1ccccc1)c1cn(-c2ccc(-c3cn4c(n3)sc3ccccc34)cc2)nn1. The van der Waals surface area contributed by atoms with Crippen LogP contribution in [0.3, 0.4) is 0 Å². The lowest BCUT2D eigenvalue weighted by Crippen LogP contribution is -2.31. The first-order valence-corrected chi connectivity index (χ1v) is 15.7. The molecule has 248 valence electrons. The van der Waals surface area contributed by atoms with Crippen molar-refractivity contribution in [2.75, 3.05) is 0 Å². The first-order valence-electron chi connectivity index (χ1n) is 14.9. The van der Waals surface area contributed by atoms with Crippen LogP contribution in [-0.2, 0) is 30.0 Å². The summed E-state index contributed by atoms with van der Waals surface area (Å²) in [6.45, 7) is 0. The molecule has 1 N–H and O–H groups in total. The molecule has 3 heterocycles. The van der Waals surface area contributed by atoms with Crippen LogP contribution in [0.1, 0.15) is 34.0 Å². The zero-order valence-electron chi connectivity index (χ0n) is 25.2. The molecule has 0 aliphatic heterocycles. The van der Waals surface area contributed by atoms with Gasteiger partial charge in [-0.25, -0.2) is 9.67 Å². The van der Waals surface area contributed by atoms with Gasteiger partial charge in [-0.3, -0.25) is 9.20 Å². The number of carbonyl (C=O) groups excluding carboxylic acids is 1. The largest absolute Gasteiger partial charge is 0.416 e. The maximum absolute atomic E-state index is 13.4. The topological polar surface area (TPSA) is 77.1 Å². The van der Waals surface area contributed by atoms with E-state index in [1.807, 2.05) is 66.9 Å². The number of carbonyl (C=O) groups is 1. The van der Waals surface area contributed by atoms with E-state index < -0.39 is 47.4 Å². The number of rotatable bonds is 8. The number of thiazole rings is 1. The Hall–Kier alpha value is -5.50. The summed E-state index contributed by atoms with van der Waals surface area (Å²) in [7, 11) is 0. The fraction of sp³-hybridized carbons (Fsp3) is 0.143. The van der Waals surface area contributed by atoms with Crippen molar-refractivity contribution < 1.29 is 31.1 Å². The lowest BCUT2D eigenvalue weighted by Gasteiger charge is -2.18. The van der Waals surface area contributed by atoms with Gasteiger partial charge in [0.2, 0.25) is 5.91 Å². The highest BCUT2D eigenvalue weighted by Gasteiger charge is 2.37. The van der Waals surface area contributed by atoms with E-state index >= 15 is 0 Å². The second-order valence-electron chi connectivity index (χ2n) is 11.4. The van der Waals surface area contributed by atoms with Gasteiger partial charge in [-0.05, 0) is 60.0 Å². The maximum Gasteiger partial charge on any atom is 0.416 e. The maximum atomic E-state index is 13.4. The fourth-order valence-electron chi connectivity index (χ4n) is 5.57. The number of fused-ring (bicyclic) bond motifs is 3. The van der Waals surface area contributed by atoms with Crippen LogP contribution < -0.4 is 5.32 Å². The van der Waals surface area contributed by atoms with E-state index in [0.717, 1.165) is 32.0 Å². The minimum atomic E-state index is -5.02. The van der Waals surface area contributed by atoms with Gasteiger partial charge in [0.1, 0.15) is 5.69 Å². The van der Waals surface area contributed by atoms with Gasteiger partial charge in [0, 0.05) is 11.8 Å². The Morgan fingerprint density at radius 1 is 0.796 bits per heavy atom. The Labute approximate surface area is 278 Å². The third-order valence-electron chi connectivity index (χ3n) is 7.93. The van der Waals surface area contributed by atoms with Gasteiger partial charge in [0.05, 0.1) is 51.4 Å². The molecule has 0 saturated carbocycles. The molecular formula is C35H24F6N6OS. The number of nitrogens with zero attached hydrogens (tertiary/aromatic N) is 5. The third-order valence-corrected chi connectivity index (χ3v) is 8.96. The van der Waals surface area contributed by atoms with Crippen LogP contribution in [-0.4, -0.2) is 30.3 Å². The fourth-order valence-corrected chi connectivity index (χ4v) is 6.57. The molecule has 0 fully saturated rings. The van der Waals surface area contributed by atoms with Crippen LogP contribution in [0.4, 0.5) is 26.3 Å². The smallest absolute Gasteiger partial charge is 0.347 e. The second kappa shape index (κ2) is 12.5. The van der Waals surface area contributed by atoms with E-state index in [0.29, 0.717) is 23.5 Å². The Bertz CT molecular complexity index is 2240. The molecule has 0 spiro atoms. The number of halogens is 6. The first kappa shape index (κ1) is 32.1. The van der Waals surface area contributed by atoms with Crippen molar-refractivity contribution in [2.24, 2.45) is 0 Å². The van der Waals surface area contributed by atoms with Crippen LogP contribution in [0.5, 0.6) is 0 Å². The number of benzene rings is 4. The number of imidazole rings is 1. The van der Waals surface area contributed by atoms with Gasteiger partial charge >= 0.3 is 12.4 Å². The van der Waals surface area contributed by atoms with Crippen LogP contribution in [0.15, 0.2) is 109 Å². The predicted octanol–water partition coefficient (Wildman–Crippen LogP) is 8.48. The molecule has 0 saturated heterocycles. The third kappa shape index (κ3) is 6.90. The normalized spacial score (nSPS) is 12.9. The number of amides is 1. The van der Waals surface area contributed by atoms with E-state index in [9.17, 15) is 31.1 Å². The van der Waals surface area contributed by atoms with Crippen molar-refractivity contribution in [1.82, 2.24) is 29.7 Å². The van der Waals surface area contributed by atoms with Crippen LogP contribution >= 0.6 is 11.3 Å². The average Bonchev–Trinajstić information content (AvgIpc) is 3.80. The van der Waals surface area contributed by atoms with E-state index in [4.69, 9.17) is 4.98 Å². The number of hydrogen-bond donors (Lipinski definition) is 1. The lowest BCUT2D eigenvalue weighted by molar-refractivity contribution is -0.143. The summed E-state index contributed by atoms with van der Waals surface area (Å²) >= 11 is 1.60.